The van der Waals surface area contributed by atoms with Crippen molar-refractivity contribution in [1.82, 2.24) is 9.80 Å². The fourth-order valence-corrected chi connectivity index (χ4v) is 4.10. The van der Waals surface area contributed by atoms with E-state index in [4.69, 9.17) is 0 Å². The van der Waals surface area contributed by atoms with Crippen molar-refractivity contribution in [1.29, 1.82) is 0 Å². The highest BCUT2D eigenvalue weighted by Gasteiger charge is 2.38. The average molecular weight is 337 g/mol. The first-order chi connectivity index (χ1) is 11.3. The van der Waals surface area contributed by atoms with Gasteiger partial charge in [0.1, 0.15) is 0 Å². The summed E-state index contributed by atoms with van der Waals surface area (Å²) in [7, 11) is 0. The molecule has 2 aliphatic heterocycles. The summed E-state index contributed by atoms with van der Waals surface area (Å²) in [6.07, 6.45) is 8.00. The van der Waals surface area contributed by atoms with Crippen molar-refractivity contribution in [2.75, 3.05) is 26.2 Å². The van der Waals surface area contributed by atoms with Crippen LogP contribution >= 0.6 is 0 Å². The molecule has 0 unspecified atom stereocenters. The maximum atomic E-state index is 12.8. The third-order valence-electron chi connectivity index (χ3n) is 6.24. The van der Waals surface area contributed by atoms with E-state index in [1.807, 2.05) is 27.7 Å². The fraction of sp³-hybridized carbons (Fsp3) is 0.900. The van der Waals surface area contributed by atoms with Gasteiger partial charge in [-0.1, -0.05) is 12.8 Å². The van der Waals surface area contributed by atoms with Crippen molar-refractivity contribution >= 4 is 11.6 Å². The Bertz CT molecular complexity index is 403. The first-order valence-corrected chi connectivity index (χ1v) is 9.83. The molecule has 138 valence electrons. The molecule has 0 atom stereocenters. The smallest absolute Gasteiger partial charge is 0.152 e. The number of likely N-dealkylation sites (tertiary alicyclic amines) is 2. The Hall–Kier alpha value is -0.740. The van der Waals surface area contributed by atoms with Crippen LogP contribution in [0.5, 0.6) is 0 Å². The standard InChI is InChI=1S/C20H36N2O2/c1-19(2,21-13-7-5-8-14-21)17(23)11-12-18(24)20(3,4)22-15-9-6-10-16-22/h5-16H2,1-4H3. The molecule has 24 heavy (non-hydrogen) atoms. The van der Waals surface area contributed by atoms with Crippen LogP contribution in [0.1, 0.15) is 79.1 Å². The lowest BCUT2D eigenvalue weighted by Crippen LogP contribution is -2.53. The van der Waals surface area contributed by atoms with Gasteiger partial charge in [-0.25, -0.2) is 0 Å². The molecular formula is C20H36N2O2. The molecule has 0 aromatic rings. The summed E-state index contributed by atoms with van der Waals surface area (Å²) in [6, 6.07) is 0. The molecule has 0 N–H and O–H groups in total. The number of carbonyl (C=O) groups is 2. The third kappa shape index (κ3) is 4.45. The lowest BCUT2D eigenvalue weighted by molar-refractivity contribution is -0.135. The SMILES string of the molecule is CC(C)(C(=O)CCC(=O)C(C)(C)N1CCCCC1)N1CCCCC1. The maximum absolute atomic E-state index is 12.8. The summed E-state index contributed by atoms with van der Waals surface area (Å²) in [5.74, 6) is 0.430. The monoisotopic (exact) mass is 336 g/mol. The zero-order chi connectivity index (χ0) is 17.8. The molecule has 2 aliphatic rings. The molecule has 0 aliphatic carbocycles. The van der Waals surface area contributed by atoms with Gasteiger partial charge in [0.05, 0.1) is 11.1 Å². The molecule has 2 fully saturated rings. The Balaban J connectivity index is 1.88. The van der Waals surface area contributed by atoms with Gasteiger partial charge in [-0.15, -0.1) is 0 Å². The second-order valence-electron chi connectivity index (χ2n) is 8.56. The lowest BCUT2D eigenvalue weighted by Gasteiger charge is -2.41. The highest BCUT2D eigenvalue weighted by Crippen LogP contribution is 2.26. The lowest BCUT2D eigenvalue weighted by atomic mass is 9.86. The van der Waals surface area contributed by atoms with Crippen LogP contribution in [-0.4, -0.2) is 58.6 Å². The first kappa shape index (κ1) is 19.6. The normalized spacial score (nSPS) is 21.7. The van der Waals surface area contributed by atoms with E-state index >= 15 is 0 Å². The number of hydrogen-bond acceptors (Lipinski definition) is 4. The van der Waals surface area contributed by atoms with Gasteiger partial charge in [0, 0.05) is 12.8 Å². The number of ketones is 2. The molecule has 2 heterocycles. The van der Waals surface area contributed by atoms with Crippen LogP contribution in [-0.2, 0) is 9.59 Å². The Kier molecular flexibility index (Phi) is 6.60. The van der Waals surface area contributed by atoms with Gasteiger partial charge in [-0.2, -0.15) is 0 Å². The summed E-state index contributed by atoms with van der Waals surface area (Å²) in [4.78, 5) is 30.1. The van der Waals surface area contributed by atoms with E-state index in [0.29, 0.717) is 12.8 Å². The van der Waals surface area contributed by atoms with E-state index in [2.05, 4.69) is 9.80 Å². The van der Waals surface area contributed by atoms with E-state index in [-0.39, 0.29) is 11.6 Å². The molecule has 0 aromatic carbocycles. The minimum atomic E-state index is -0.435. The van der Waals surface area contributed by atoms with Crippen molar-refractivity contribution in [3.8, 4) is 0 Å². The highest BCUT2D eigenvalue weighted by molar-refractivity contribution is 5.94. The zero-order valence-corrected chi connectivity index (χ0v) is 16.2. The van der Waals surface area contributed by atoms with Crippen molar-refractivity contribution in [3.05, 3.63) is 0 Å². The third-order valence-corrected chi connectivity index (χ3v) is 6.24. The minimum absolute atomic E-state index is 0.215. The molecule has 2 saturated heterocycles. The number of hydrogen-bond donors (Lipinski definition) is 0. The van der Waals surface area contributed by atoms with E-state index in [1.54, 1.807) is 0 Å². The quantitative estimate of drug-likeness (QED) is 0.714. The Morgan fingerprint density at radius 2 is 0.917 bits per heavy atom. The summed E-state index contributed by atoms with van der Waals surface area (Å²) in [5.41, 5.74) is -0.869. The number of carbonyl (C=O) groups excluding carboxylic acids is 2. The van der Waals surface area contributed by atoms with Gasteiger partial charge in [-0.05, 0) is 79.6 Å². The molecule has 0 amide bonds. The second-order valence-corrected chi connectivity index (χ2v) is 8.56. The molecule has 0 saturated carbocycles. The molecule has 4 nitrogen and oxygen atoms in total. The summed E-state index contributed by atoms with van der Waals surface area (Å²) in [5, 5.41) is 0. The summed E-state index contributed by atoms with van der Waals surface area (Å²) in [6.45, 7) is 12.1. The fourth-order valence-electron chi connectivity index (χ4n) is 4.10. The molecule has 4 heteroatoms. The summed E-state index contributed by atoms with van der Waals surface area (Å²) < 4.78 is 0. The van der Waals surface area contributed by atoms with Crippen LogP contribution in [0.3, 0.4) is 0 Å². The van der Waals surface area contributed by atoms with E-state index in [9.17, 15) is 9.59 Å². The Morgan fingerprint density at radius 1 is 0.625 bits per heavy atom. The molecule has 0 bridgehead atoms. The van der Waals surface area contributed by atoms with Crippen molar-refractivity contribution in [3.63, 3.8) is 0 Å². The predicted molar refractivity (Wildman–Crippen MR) is 98.3 cm³/mol. The highest BCUT2D eigenvalue weighted by atomic mass is 16.1. The van der Waals surface area contributed by atoms with Crippen LogP contribution in [0.25, 0.3) is 0 Å². The van der Waals surface area contributed by atoms with Gasteiger partial charge in [0.25, 0.3) is 0 Å². The van der Waals surface area contributed by atoms with Crippen LogP contribution in [0.15, 0.2) is 0 Å². The van der Waals surface area contributed by atoms with Gasteiger partial charge in [-0.3, -0.25) is 19.4 Å². The second kappa shape index (κ2) is 8.09. The van der Waals surface area contributed by atoms with Crippen LogP contribution < -0.4 is 0 Å². The topological polar surface area (TPSA) is 40.6 Å². The van der Waals surface area contributed by atoms with Crippen molar-refractivity contribution in [2.45, 2.75) is 90.1 Å². The predicted octanol–water partition coefficient (Wildman–Crippen LogP) is 3.43. The van der Waals surface area contributed by atoms with E-state index in [0.717, 1.165) is 26.2 Å². The Labute approximate surface area is 148 Å². The number of Topliss-reactive ketones (excluding diaryl/α,β-unsaturated/α-hetero) is 2. The molecule has 0 radical (unpaired) electrons. The molecule has 2 rings (SSSR count). The van der Waals surface area contributed by atoms with Crippen LogP contribution in [0, 0.1) is 0 Å². The van der Waals surface area contributed by atoms with Crippen molar-refractivity contribution in [2.24, 2.45) is 0 Å². The maximum Gasteiger partial charge on any atom is 0.152 e. The van der Waals surface area contributed by atoms with Gasteiger partial charge in [0.2, 0.25) is 0 Å². The molecule has 0 spiro atoms. The summed E-state index contributed by atoms with van der Waals surface area (Å²) >= 11 is 0. The number of piperidine rings is 2. The first-order valence-electron chi connectivity index (χ1n) is 9.83. The average Bonchev–Trinajstić information content (AvgIpc) is 2.60. The van der Waals surface area contributed by atoms with Crippen molar-refractivity contribution < 1.29 is 9.59 Å². The number of nitrogens with zero attached hydrogens (tertiary/aromatic N) is 2. The largest absolute Gasteiger partial charge is 0.298 e. The minimum Gasteiger partial charge on any atom is -0.298 e. The Morgan fingerprint density at radius 3 is 1.21 bits per heavy atom. The van der Waals surface area contributed by atoms with Gasteiger partial charge in [0.15, 0.2) is 11.6 Å². The van der Waals surface area contributed by atoms with Gasteiger partial charge < -0.3 is 0 Å². The van der Waals surface area contributed by atoms with E-state index < -0.39 is 11.1 Å². The number of rotatable bonds is 7. The van der Waals surface area contributed by atoms with Gasteiger partial charge >= 0.3 is 0 Å². The molecule has 0 aromatic heterocycles. The van der Waals surface area contributed by atoms with Crippen LogP contribution in [0.2, 0.25) is 0 Å². The van der Waals surface area contributed by atoms with Crippen LogP contribution in [0.4, 0.5) is 0 Å². The van der Waals surface area contributed by atoms with E-state index in [1.165, 1.54) is 38.5 Å². The molecular weight excluding hydrogens is 300 g/mol. The zero-order valence-electron chi connectivity index (χ0n) is 16.2.